The van der Waals surface area contributed by atoms with E-state index in [1.807, 2.05) is 0 Å². The van der Waals surface area contributed by atoms with Crippen LogP contribution in [0.2, 0.25) is 0 Å². The van der Waals surface area contributed by atoms with Crippen LogP contribution >= 0.6 is 0 Å². The minimum atomic E-state index is -0.369. The van der Waals surface area contributed by atoms with Crippen LogP contribution in [0.5, 0.6) is 0 Å². The zero-order valence-corrected chi connectivity index (χ0v) is 6.90. The molecule has 0 aliphatic heterocycles. The molecule has 2 rings (SSSR count). The molecular weight excluding hydrogens is 171 g/mol. The molecule has 13 heavy (non-hydrogen) atoms. The van der Waals surface area contributed by atoms with E-state index < -0.39 is 0 Å². The maximum atomic E-state index is 13.1. The number of aryl methyl sites for hydroxylation is 1. The minimum Gasteiger partial charge on any atom is -0.206 e. The van der Waals surface area contributed by atoms with Crippen LogP contribution in [0.4, 0.5) is 4.39 Å². The Kier molecular flexibility index (Phi) is 1.77. The summed E-state index contributed by atoms with van der Waals surface area (Å²) in [5, 5.41) is 11.2. The minimum absolute atomic E-state index is 0.275. The molecule has 0 aliphatic rings. The summed E-state index contributed by atoms with van der Waals surface area (Å²) < 4.78 is 13.1. The summed E-state index contributed by atoms with van der Waals surface area (Å²) in [6.45, 7) is 0. The molecular formula is C8H6FN4. The van der Waals surface area contributed by atoms with E-state index in [1.165, 1.54) is 23.0 Å². The molecule has 0 bridgehead atoms. The third-order valence-corrected chi connectivity index (χ3v) is 1.56. The summed E-state index contributed by atoms with van der Waals surface area (Å²) >= 11 is 0. The van der Waals surface area contributed by atoms with Crippen molar-refractivity contribution in [3.05, 3.63) is 30.1 Å². The normalized spacial score (nSPS) is 10.3. The first-order valence-corrected chi connectivity index (χ1v) is 3.67. The van der Waals surface area contributed by atoms with E-state index in [9.17, 15) is 4.39 Å². The van der Waals surface area contributed by atoms with Crippen molar-refractivity contribution in [2.75, 3.05) is 0 Å². The van der Waals surface area contributed by atoms with Gasteiger partial charge in [-0.05, 0) is 23.4 Å². The summed E-state index contributed by atoms with van der Waals surface area (Å²) in [6.07, 6.45) is 0. The second kappa shape index (κ2) is 2.93. The number of benzene rings is 1. The van der Waals surface area contributed by atoms with Gasteiger partial charge in [-0.2, -0.15) is 4.80 Å². The number of nitrogens with zero attached hydrogens (tertiary/aromatic N) is 4. The van der Waals surface area contributed by atoms with E-state index in [1.54, 1.807) is 7.05 Å². The maximum Gasteiger partial charge on any atom is 0.207 e. The highest BCUT2D eigenvalue weighted by Gasteiger charge is 2.08. The molecule has 0 unspecified atom stereocenters. The van der Waals surface area contributed by atoms with Crippen LogP contribution in [0.25, 0.3) is 11.4 Å². The summed E-state index contributed by atoms with van der Waals surface area (Å²) in [5.74, 6) is -0.0939. The third kappa shape index (κ3) is 1.40. The molecule has 0 saturated heterocycles. The van der Waals surface area contributed by atoms with Crippen LogP contribution < -0.4 is 0 Å². The van der Waals surface area contributed by atoms with Crippen molar-refractivity contribution in [2.45, 2.75) is 0 Å². The molecule has 0 aliphatic carbocycles. The van der Waals surface area contributed by atoms with Gasteiger partial charge in [-0.15, -0.1) is 10.2 Å². The van der Waals surface area contributed by atoms with E-state index in [4.69, 9.17) is 0 Å². The highest BCUT2D eigenvalue weighted by molar-refractivity contribution is 5.53. The van der Waals surface area contributed by atoms with Gasteiger partial charge in [0.25, 0.3) is 0 Å². The maximum absolute atomic E-state index is 13.1. The fourth-order valence-electron chi connectivity index (χ4n) is 0.975. The van der Waals surface area contributed by atoms with Crippen molar-refractivity contribution in [2.24, 2.45) is 7.05 Å². The summed E-state index contributed by atoms with van der Waals surface area (Å²) in [6, 6.07) is 7.05. The predicted octanol–water partition coefficient (Wildman–Crippen LogP) is 0.816. The van der Waals surface area contributed by atoms with Crippen molar-refractivity contribution in [3.63, 3.8) is 0 Å². The largest absolute Gasteiger partial charge is 0.207 e. The first-order chi connectivity index (χ1) is 6.27. The molecule has 1 radical (unpaired) electrons. The van der Waals surface area contributed by atoms with Crippen LogP contribution in [-0.2, 0) is 7.05 Å². The van der Waals surface area contributed by atoms with Crippen molar-refractivity contribution >= 4 is 0 Å². The van der Waals surface area contributed by atoms with Crippen molar-refractivity contribution in [1.82, 2.24) is 20.2 Å². The molecule has 1 heterocycles. The predicted molar refractivity (Wildman–Crippen MR) is 43.0 cm³/mol. The lowest BCUT2D eigenvalue weighted by Crippen LogP contribution is -1.92. The van der Waals surface area contributed by atoms with Gasteiger partial charge in [0.2, 0.25) is 5.82 Å². The first kappa shape index (κ1) is 7.85. The topological polar surface area (TPSA) is 43.6 Å². The Morgan fingerprint density at radius 1 is 1.54 bits per heavy atom. The van der Waals surface area contributed by atoms with E-state index in [-0.39, 0.29) is 11.6 Å². The SMILES string of the molecule is Cn1nnc(-c2c[c]ccc2F)n1. The summed E-state index contributed by atoms with van der Waals surface area (Å²) in [4.78, 5) is 1.28. The lowest BCUT2D eigenvalue weighted by Gasteiger charge is -1.93. The average molecular weight is 177 g/mol. The zero-order valence-electron chi connectivity index (χ0n) is 6.90. The number of aromatic nitrogens is 4. The number of rotatable bonds is 1. The zero-order chi connectivity index (χ0) is 9.26. The first-order valence-electron chi connectivity index (χ1n) is 3.67. The number of hydrogen-bond donors (Lipinski definition) is 0. The third-order valence-electron chi connectivity index (χ3n) is 1.56. The average Bonchev–Trinajstić information content (AvgIpc) is 2.53. The molecule has 1 aromatic heterocycles. The van der Waals surface area contributed by atoms with Gasteiger partial charge in [0.05, 0.1) is 12.6 Å². The Hall–Kier alpha value is -1.78. The number of halogens is 1. The Bertz CT molecular complexity index is 424. The van der Waals surface area contributed by atoms with Crippen LogP contribution in [0.1, 0.15) is 0 Å². The molecule has 0 atom stereocenters. The molecule has 4 nitrogen and oxygen atoms in total. The fraction of sp³-hybridized carbons (Fsp3) is 0.125. The lowest BCUT2D eigenvalue weighted by molar-refractivity contribution is 0.625. The summed E-state index contributed by atoms with van der Waals surface area (Å²) in [7, 11) is 1.63. The molecule has 0 fully saturated rings. The highest BCUT2D eigenvalue weighted by Crippen LogP contribution is 2.16. The molecule has 5 heteroatoms. The van der Waals surface area contributed by atoms with Crippen molar-refractivity contribution < 1.29 is 4.39 Å². The van der Waals surface area contributed by atoms with E-state index in [0.29, 0.717) is 5.56 Å². The molecule has 0 saturated carbocycles. The number of tetrazole rings is 1. The fourth-order valence-corrected chi connectivity index (χ4v) is 0.975. The quantitative estimate of drug-likeness (QED) is 0.647. The molecule has 0 N–H and O–H groups in total. The van der Waals surface area contributed by atoms with Gasteiger partial charge in [0, 0.05) is 0 Å². The van der Waals surface area contributed by atoms with Gasteiger partial charge >= 0.3 is 0 Å². The lowest BCUT2D eigenvalue weighted by atomic mass is 10.2. The Morgan fingerprint density at radius 3 is 3.00 bits per heavy atom. The summed E-state index contributed by atoms with van der Waals surface area (Å²) in [5.41, 5.74) is 0.315. The van der Waals surface area contributed by atoms with E-state index >= 15 is 0 Å². The monoisotopic (exact) mass is 177 g/mol. The molecule has 0 spiro atoms. The van der Waals surface area contributed by atoms with E-state index in [0.717, 1.165) is 0 Å². The Balaban J connectivity index is 2.52. The van der Waals surface area contributed by atoms with Gasteiger partial charge < -0.3 is 0 Å². The van der Waals surface area contributed by atoms with Crippen molar-refractivity contribution in [1.29, 1.82) is 0 Å². The van der Waals surface area contributed by atoms with Crippen LogP contribution in [0.3, 0.4) is 0 Å². The van der Waals surface area contributed by atoms with Gasteiger partial charge in [0.15, 0.2) is 0 Å². The molecule has 65 valence electrons. The van der Waals surface area contributed by atoms with Gasteiger partial charge in [-0.25, -0.2) is 4.39 Å². The van der Waals surface area contributed by atoms with E-state index in [2.05, 4.69) is 21.5 Å². The second-order valence-electron chi connectivity index (χ2n) is 2.51. The van der Waals surface area contributed by atoms with Crippen LogP contribution in [-0.4, -0.2) is 20.2 Å². The van der Waals surface area contributed by atoms with Crippen LogP contribution in [0, 0.1) is 11.9 Å². The Morgan fingerprint density at radius 2 is 2.38 bits per heavy atom. The molecule has 1 aromatic carbocycles. The van der Waals surface area contributed by atoms with Crippen molar-refractivity contribution in [3.8, 4) is 11.4 Å². The Labute approximate surface area is 74.0 Å². The standard InChI is InChI=1S/C8H6FN4/c1-13-11-8(10-12-13)6-4-2-3-5-7(6)9/h3-5H,1H3. The molecule has 0 amide bonds. The smallest absolute Gasteiger partial charge is 0.206 e. The van der Waals surface area contributed by atoms with Gasteiger partial charge in [-0.1, -0.05) is 6.07 Å². The highest BCUT2D eigenvalue weighted by atomic mass is 19.1. The number of hydrogen-bond acceptors (Lipinski definition) is 3. The second-order valence-corrected chi connectivity index (χ2v) is 2.51. The van der Waals surface area contributed by atoms with Crippen LogP contribution in [0.15, 0.2) is 18.2 Å². The van der Waals surface area contributed by atoms with Gasteiger partial charge in [0.1, 0.15) is 5.82 Å². The molecule has 2 aromatic rings. The van der Waals surface area contributed by atoms with Gasteiger partial charge in [-0.3, -0.25) is 0 Å².